The summed E-state index contributed by atoms with van der Waals surface area (Å²) in [6.45, 7) is 13.0. The molecule has 0 unspecified atom stereocenters. The van der Waals surface area contributed by atoms with E-state index in [1.807, 2.05) is 4.90 Å². The number of ether oxygens (including phenoxy) is 1. The lowest BCUT2D eigenvalue weighted by Crippen LogP contribution is -2.43. The molecule has 2 N–H and O–H groups in total. The number of aliphatic hydroxyl groups is 1. The maximum Gasteiger partial charge on any atom is 0.319 e. The molecule has 4 fully saturated rings. The summed E-state index contributed by atoms with van der Waals surface area (Å²) >= 11 is 0. The van der Waals surface area contributed by atoms with Crippen LogP contribution in [0, 0.1) is 29.3 Å². The van der Waals surface area contributed by atoms with Crippen LogP contribution in [0.4, 0.5) is 19.0 Å². The number of aromatic nitrogens is 2. The van der Waals surface area contributed by atoms with Gasteiger partial charge in [-0.05, 0) is 84.2 Å². The highest BCUT2D eigenvalue weighted by Gasteiger charge is 2.48. The van der Waals surface area contributed by atoms with Crippen molar-refractivity contribution in [3.8, 4) is 22.9 Å². The largest absolute Gasteiger partial charge is 0.508 e. The summed E-state index contributed by atoms with van der Waals surface area (Å²) in [6, 6.07) is 6.70. The molecule has 4 heterocycles. The quantitative estimate of drug-likeness (QED) is 0.227. The molecule has 1 aromatic heterocycles. The van der Waals surface area contributed by atoms with Crippen LogP contribution in [0.1, 0.15) is 38.2 Å². The van der Waals surface area contributed by atoms with Crippen molar-refractivity contribution >= 4 is 27.5 Å². The van der Waals surface area contributed by atoms with Crippen molar-refractivity contribution in [3.05, 3.63) is 77.7 Å². The number of hydrogen-bond acceptors (Lipinski definition) is 7. The molecular weight excluding hydrogens is 605 g/mol. The number of benzene rings is 3. The molecule has 0 amide bonds. The maximum absolute atomic E-state index is 17.0. The monoisotopic (exact) mass is 642 g/mol. The molecule has 10 heteroatoms. The topological polar surface area (TPSA) is 82.0 Å². The minimum atomic E-state index is -0.949. The Balaban J connectivity index is 1.30. The van der Waals surface area contributed by atoms with E-state index in [1.54, 1.807) is 6.92 Å². The number of rotatable bonds is 6. The van der Waals surface area contributed by atoms with Gasteiger partial charge in [0.15, 0.2) is 5.82 Å². The lowest BCUT2D eigenvalue weighted by atomic mass is 9.91. The van der Waals surface area contributed by atoms with Crippen LogP contribution in [0.3, 0.4) is 0 Å². The molecule has 2 bridgehead atoms. The number of phenolic OH excluding ortho intramolecular Hbond substituents is 1. The third-order valence-electron chi connectivity index (χ3n) is 10.7. The number of aryl methyl sites for hydroxylation is 1. The SMILES string of the molecule is C=C1CN2CC(=C)CC2(COc2nc(N3C[C@H]4C[C@@H](C3)[C@H](O)C4)c3cc(F)c(-c4cc(O)cc5ccc(F)c(CC)c45)c(F)c3n2)C1. The zero-order chi connectivity index (χ0) is 32.8. The van der Waals surface area contributed by atoms with Gasteiger partial charge in [-0.25, -0.2) is 13.2 Å². The molecule has 47 heavy (non-hydrogen) atoms. The van der Waals surface area contributed by atoms with Gasteiger partial charge in [-0.1, -0.05) is 37.3 Å². The van der Waals surface area contributed by atoms with Crippen molar-refractivity contribution in [2.24, 2.45) is 11.8 Å². The highest BCUT2D eigenvalue weighted by molar-refractivity contribution is 6.03. The molecule has 3 atom stereocenters. The molecule has 1 aliphatic carbocycles. The number of hydrogen-bond donors (Lipinski definition) is 2. The molecule has 1 saturated carbocycles. The zero-order valence-electron chi connectivity index (χ0n) is 26.3. The highest BCUT2D eigenvalue weighted by atomic mass is 19.1. The number of nitrogens with zero attached hydrogens (tertiary/aromatic N) is 4. The molecule has 4 aromatic rings. The van der Waals surface area contributed by atoms with Gasteiger partial charge in [0.2, 0.25) is 0 Å². The second kappa shape index (κ2) is 11.0. The van der Waals surface area contributed by atoms with Gasteiger partial charge in [-0.3, -0.25) is 4.90 Å². The van der Waals surface area contributed by atoms with Crippen molar-refractivity contribution in [1.82, 2.24) is 14.9 Å². The normalized spacial score (nSPS) is 23.8. The number of halogens is 3. The van der Waals surface area contributed by atoms with E-state index in [1.165, 1.54) is 30.3 Å². The van der Waals surface area contributed by atoms with E-state index < -0.39 is 29.1 Å². The number of anilines is 1. The summed E-state index contributed by atoms with van der Waals surface area (Å²) < 4.78 is 54.6. The van der Waals surface area contributed by atoms with Crippen LogP contribution in [0.5, 0.6) is 11.8 Å². The fraction of sp³-hybridized carbons (Fsp3) is 0.405. The summed E-state index contributed by atoms with van der Waals surface area (Å²) in [4.78, 5) is 13.6. The molecule has 3 aromatic carbocycles. The van der Waals surface area contributed by atoms with Crippen LogP contribution in [-0.2, 0) is 6.42 Å². The molecule has 0 radical (unpaired) electrons. The molecule has 0 spiro atoms. The molecule has 8 rings (SSSR count). The van der Waals surface area contributed by atoms with E-state index in [2.05, 4.69) is 23.0 Å². The fourth-order valence-corrected chi connectivity index (χ4v) is 8.81. The van der Waals surface area contributed by atoms with Gasteiger partial charge in [0.05, 0.1) is 17.2 Å². The standard InChI is InChI=1S/C37H37F3N4O3/c1-4-25-28(38)6-5-22-9-24(45)10-26(31(22)25)32-29(39)11-27-34(33(32)40)41-36(42-35(27)43-16-21-7-23(17-43)30(46)8-21)47-18-37-12-19(2)14-44(37)15-20(3)13-37/h5-6,9-11,21,23,30,45-46H,2-4,7-8,12-18H2,1H3/t21-,23-,30+/m0/s1. The Bertz CT molecular complexity index is 1980. The summed E-state index contributed by atoms with van der Waals surface area (Å²) in [6.07, 6.45) is 2.90. The first-order chi connectivity index (χ1) is 22.5. The smallest absolute Gasteiger partial charge is 0.319 e. The van der Waals surface area contributed by atoms with Crippen molar-refractivity contribution in [1.29, 1.82) is 0 Å². The maximum atomic E-state index is 17.0. The van der Waals surface area contributed by atoms with E-state index in [4.69, 9.17) is 9.72 Å². The minimum absolute atomic E-state index is 0.0274. The fourth-order valence-electron chi connectivity index (χ4n) is 8.81. The van der Waals surface area contributed by atoms with E-state index in [-0.39, 0.29) is 58.6 Å². The first-order valence-corrected chi connectivity index (χ1v) is 16.3. The van der Waals surface area contributed by atoms with Crippen LogP contribution in [0.2, 0.25) is 0 Å². The Labute approximate surface area is 271 Å². The lowest BCUT2D eigenvalue weighted by molar-refractivity contribution is 0.108. The molecule has 3 saturated heterocycles. The first-order valence-electron chi connectivity index (χ1n) is 16.3. The second-order valence-electron chi connectivity index (χ2n) is 14.0. The van der Waals surface area contributed by atoms with Gasteiger partial charge in [0, 0.05) is 37.5 Å². The Kier molecular flexibility index (Phi) is 7.04. The number of phenols is 1. The van der Waals surface area contributed by atoms with Gasteiger partial charge < -0.3 is 19.8 Å². The van der Waals surface area contributed by atoms with E-state index in [0.717, 1.165) is 43.5 Å². The van der Waals surface area contributed by atoms with Crippen LogP contribution >= 0.6 is 0 Å². The van der Waals surface area contributed by atoms with Crippen molar-refractivity contribution < 1.29 is 28.1 Å². The molecule has 4 aliphatic rings. The summed E-state index contributed by atoms with van der Waals surface area (Å²) in [5.41, 5.74) is 1.67. The average Bonchev–Trinajstić information content (AvgIpc) is 3.59. The van der Waals surface area contributed by atoms with Gasteiger partial charge in [-0.2, -0.15) is 9.97 Å². The van der Waals surface area contributed by atoms with Crippen LogP contribution < -0.4 is 9.64 Å². The summed E-state index contributed by atoms with van der Waals surface area (Å²) in [5, 5.41) is 22.2. The predicted octanol–water partition coefficient (Wildman–Crippen LogP) is 6.68. The first kappa shape index (κ1) is 30.2. The Morgan fingerprint density at radius 3 is 2.49 bits per heavy atom. The Morgan fingerprint density at radius 2 is 1.77 bits per heavy atom. The Hall–Kier alpha value is -4.15. The number of piperidine rings is 1. The zero-order valence-corrected chi connectivity index (χ0v) is 26.3. The van der Waals surface area contributed by atoms with Gasteiger partial charge in [-0.15, -0.1) is 0 Å². The average molecular weight is 643 g/mol. The van der Waals surface area contributed by atoms with E-state index in [0.29, 0.717) is 41.7 Å². The van der Waals surface area contributed by atoms with E-state index in [9.17, 15) is 10.2 Å². The van der Waals surface area contributed by atoms with Crippen molar-refractivity contribution in [2.75, 3.05) is 37.7 Å². The minimum Gasteiger partial charge on any atom is -0.508 e. The Morgan fingerprint density at radius 1 is 1.00 bits per heavy atom. The summed E-state index contributed by atoms with van der Waals surface area (Å²) in [7, 11) is 0. The molecule has 244 valence electrons. The van der Waals surface area contributed by atoms with Crippen molar-refractivity contribution in [2.45, 2.75) is 50.7 Å². The molecular formula is C37H37F3N4O3. The summed E-state index contributed by atoms with van der Waals surface area (Å²) in [5.74, 6) is -1.91. The van der Waals surface area contributed by atoms with Gasteiger partial charge in [0.1, 0.15) is 35.3 Å². The number of fused-ring (bicyclic) bond motifs is 5. The molecule has 3 aliphatic heterocycles. The van der Waals surface area contributed by atoms with E-state index >= 15 is 13.2 Å². The molecule has 7 nitrogen and oxygen atoms in total. The number of aliphatic hydroxyl groups excluding tert-OH is 1. The third-order valence-corrected chi connectivity index (χ3v) is 10.7. The van der Waals surface area contributed by atoms with Crippen LogP contribution in [0.15, 0.2) is 54.6 Å². The van der Waals surface area contributed by atoms with Gasteiger partial charge >= 0.3 is 6.01 Å². The second-order valence-corrected chi connectivity index (χ2v) is 14.0. The lowest BCUT2D eigenvalue weighted by Gasteiger charge is -2.34. The predicted molar refractivity (Wildman–Crippen MR) is 175 cm³/mol. The van der Waals surface area contributed by atoms with Crippen LogP contribution in [0.25, 0.3) is 32.8 Å². The highest BCUT2D eigenvalue weighted by Crippen LogP contribution is 2.45. The van der Waals surface area contributed by atoms with Crippen molar-refractivity contribution in [3.63, 3.8) is 0 Å². The van der Waals surface area contributed by atoms with Crippen LogP contribution in [-0.4, -0.2) is 69.5 Å². The number of aromatic hydroxyl groups is 1. The van der Waals surface area contributed by atoms with Gasteiger partial charge in [0.25, 0.3) is 0 Å². The third kappa shape index (κ3) is 4.87.